The maximum atomic E-state index is 12.2. The van der Waals surface area contributed by atoms with E-state index in [0.717, 1.165) is 36.4 Å². The molecule has 1 heterocycles. The predicted octanol–water partition coefficient (Wildman–Crippen LogP) is 1.50. The van der Waals surface area contributed by atoms with E-state index in [-0.39, 0.29) is 5.91 Å². The molecule has 17 heavy (non-hydrogen) atoms. The number of amides is 1. The first-order valence-electron chi connectivity index (χ1n) is 5.56. The number of nitrogens with one attached hydrogen (secondary N) is 1. The molecule has 1 saturated heterocycles. The Kier molecular flexibility index (Phi) is 4.02. The van der Waals surface area contributed by atoms with Crippen LogP contribution in [0.15, 0.2) is 22.7 Å². The summed E-state index contributed by atoms with van der Waals surface area (Å²) in [7, 11) is 1.61. The predicted molar refractivity (Wildman–Crippen MR) is 69.5 cm³/mol. The Morgan fingerprint density at radius 3 is 2.71 bits per heavy atom. The lowest BCUT2D eigenvalue weighted by Crippen LogP contribution is -2.46. The molecule has 1 aliphatic heterocycles. The Labute approximate surface area is 109 Å². The smallest absolute Gasteiger partial charge is 0.253 e. The van der Waals surface area contributed by atoms with Crippen molar-refractivity contribution in [2.75, 3.05) is 33.3 Å². The number of carbonyl (C=O) groups excluding carboxylic acids is 1. The standard InChI is InChI=1S/C12H15BrN2O2/c1-17-11-3-2-9(8-10(11)13)12(16)15-6-4-14-5-7-15/h2-3,8,14H,4-7H2,1H3. The Balaban J connectivity index is 2.16. The molecule has 92 valence electrons. The summed E-state index contributed by atoms with van der Waals surface area (Å²) in [5, 5.41) is 3.23. The van der Waals surface area contributed by atoms with E-state index >= 15 is 0 Å². The van der Waals surface area contributed by atoms with Crippen LogP contribution in [0.3, 0.4) is 0 Å². The molecule has 0 saturated carbocycles. The summed E-state index contributed by atoms with van der Waals surface area (Å²) < 4.78 is 5.95. The third kappa shape index (κ3) is 2.79. The molecule has 1 aromatic carbocycles. The molecular formula is C12H15BrN2O2. The molecule has 0 aromatic heterocycles. The van der Waals surface area contributed by atoms with Crippen molar-refractivity contribution in [2.24, 2.45) is 0 Å². The number of halogens is 1. The lowest BCUT2D eigenvalue weighted by Gasteiger charge is -2.27. The molecule has 1 fully saturated rings. The first-order chi connectivity index (χ1) is 8.22. The molecule has 0 unspecified atom stereocenters. The van der Waals surface area contributed by atoms with E-state index in [1.165, 1.54) is 0 Å². The highest BCUT2D eigenvalue weighted by molar-refractivity contribution is 9.10. The van der Waals surface area contributed by atoms with Gasteiger partial charge in [0.05, 0.1) is 11.6 Å². The van der Waals surface area contributed by atoms with E-state index in [2.05, 4.69) is 21.2 Å². The maximum Gasteiger partial charge on any atom is 0.253 e. The van der Waals surface area contributed by atoms with Crippen molar-refractivity contribution in [1.82, 2.24) is 10.2 Å². The SMILES string of the molecule is COc1ccc(C(=O)N2CCNCC2)cc1Br. The molecule has 0 bridgehead atoms. The van der Waals surface area contributed by atoms with Crippen LogP contribution < -0.4 is 10.1 Å². The molecule has 0 spiro atoms. The second-order valence-electron chi connectivity index (χ2n) is 3.89. The van der Waals surface area contributed by atoms with Crippen molar-refractivity contribution in [1.29, 1.82) is 0 Å². The van der Waals surface area contributed by atoms with E-state index in [1.54, 1.807) is 19.2 Å². The van der Waals surface area contributed by atoms with Gasteiger partial charge in [0.1, 0.15) is 5.75 Å². The van der Waals surface area contributed by atoms with Gasteiger partial charge in [-0.05, 0) is 34.1 Å². The fraction of sp³-hybridized carbons (Fsp3) is 0.417. The number of nitrogens with zero attached hydrogens (tertiary/aromatic N) is 1. The van der Waals surface area contributed by atoms with Crippen LogP contribution in [0, 0.1) is 0 Å². The Morgan fingerprint density at radius 1 is 1.41 bits per heavy atom. The highest BCUT2D eigenvalue weighted by Gasteiger charge is 2.18. The average molecular weight is 299 g/mol. The number of piperazine rings is 1. The molecule has 5 heteroatoms. The minimum atomic E-state index is 0.0786. The minimum Gasteiger partial charge on any atom is -0.496 e. The summed E-state index contributed by atoms with van der Waals surface area (Å²) in [5.41, 5.74) is 0.694. The molecule has 1 aliphatic rings. The molecule has 0 aliphatic carbocycles. The van der Waals surface area contributed by atoms with Gasteiger partial charge in [0.25, 0.3) is 5.91 Å². The Bertz CT molecular complexity index is 417. The van der Waals surface area contributed by atoms with Crippen molar-refractivity contribution < 1.29 is 9.53 Å². The number of hydrogen-bond donors (Lipinski definition) is 1. The highest BCUT2D eigenvalue weighted by atomic mass is 79.9. The zero-order chi connectivity index (χ0) is 12.3. The number of rotatable bonds is 2. The van der Waals surface area contributed by atoms with Crippen LogP contribution in [0.4, 0.5) is 0 Å². The molecule has 0 radical (unpaired) electrons. The van der Waals surface area contributed by atoms with Crippen LogP contribution in [0.25, 0.3) is 0 Å². The van der Waals surface area contributed by atoms with E-state index in [0.29, 0.717) is 5.56 Å². The third-order valence-electron chi connectivity index (χ3n) is 2.80. The average Bonchev–Trinajstić information content (AvgIpc) is 2.39. The Morgan fingerprint density at radius 2 is 2.12 bits per heavy atom. The fourth-order valence-electron chi connectivity index (χ4n) is 1.85. The maximum absolute atomic E-state index is 12.2. The van der Waals surface area contributed by atoms with Crippen molar-refractivity contribution in [3.63, 3.8) is 0 Å². The topological polar surface area (TPSA) is 41.6 Å². The lowest BCUT2D eigenvalue weighted by atomic mass is 10.2. The number of benzene rings is 1. The van der Waals surface area contributed by atoms with Gasteiger partial charge < -0.3 is 15.0 Å². The van der Waals surface area contributed by atoms with E-state index < -0.39 is 0 Å². The van der Waals surface area contributed by atoms with Crippen LogP contribution in [0.5, 0.6) is 5.75 Å². The lowest BCUT2D eigenvalue weighted by molar-refractivity contribution is 0.0735. The Hall–Kier alpha value is -1.07. The molecule has 4 nitrogen and oxygen atoms in total. The van der Waals surface area contributed by atoms with Crippen molar-refractivity contribution >= 4 is 21.8 Å². The first kappa shape index (κ1) is 12.4. The van der Waals surface area contributed by atoms with Crippen molar-refractivity contribution in [3.8, 4) is 5.75 Å². The molecule has 0 atom stereocenters. The summed E-state index contributed by atoms with van der Waals surface area (Å²) >= 11 is 3.39. The van der Waals surface area contributed by atoms with Crippen LogP contribution in [-0.4, -0.2) is 44.1 Å². The molecular weight excluding hydrogens is 284 g/mol. The molecule has 2 rings (SSSR count). The number of ether oxygens (including phenoxy) is 1. The normalized spacial score (nSPS) is 15.8. The number of hydrogen-bond acceptors (Lipinski definition) is 3. The van der Waals surface area contributed by atoms with Crippen molar-refractivity contribution in [2.45, 2.75) is 0 Å². The monoisotopic (exact) mass is 298 g/mol. The van der Waals surface area contributed by atoms with E-state index in [4.69, 9.17) is 4.74 Å². The van der Waals surface area contributed by atoms with Gasteiger partial charge in [-0.2, -0.15) is 0 Å². The van der Waals surface area contributed by atoms with E-state index in [1.807, 2.05) is 11.0 Å². The number of carbonyl (C=O) groups is 1. The van der Waals surface area contributed by atoms with Gasteiger partial charge in [0.15, 0.2) is 0 Å². The van der Waals surface area contributed by atoms with Crippen LogP contribution >= 0.6 is 15.9 Å². The van der Waals surface area contributed by atoms with Crippen LogP contribution in [0.1, 0.15) is 10.4 Å². The zero-order valence-electron chi connectivity index (χ0n) is 9.70. The second-order valence-corrected chi connectivity index (χ2v) is 4.75. The minimum absolute atomic E-state index is 0.0786. The summed E-state index contributed by atoms with van der Waals surface area (Å²) in [6.07, 6.45) is 0. The highest BCUT2D eigenvalue weighted by Crippen LogP contribution is 2.26. The molecule has 1 aromatic rings. The second kappa shape index (κ2) is 5.51. The number of methoxy groups -OCH3 is 1. The van der Waals surface area contributed by atoms with Gasteiger partial charge in [0.2, 0.25) is 0 Å². The largest absolute Gasteiger partial charge is 0.496 e. The fourth-order valence-corrected chi connectivity index (χ4v) is 2.39. The molecule has 1 N–H and O–H groups in total. The van der Waals surface area contributed by atoms with Gasteiger partial charge in [-0.25, -0.2) is 0 Å². The van der Waals surface area contributed by atoms with Gasteiger partial charge in [-0.1, -0.05) is 0 Å². The summed E-state index contributed by atoms with van der Waals surface area (Å²) in [4.78, 5) is 14.1. The van der Waals surface area contributed by atoms with Gasteiger partial charge in [-0.15, -0.1) is 0 Å². The zero-order valence-corrected chi connectivity index (χ0v) is 11.3. The molecule has 1 amide bonds. The van der Waals surface area contributed by atoms with E-state index in [9.17, 15) is 4.79 Å². The third-order valence-corrected chi connectivity index (χ3v) is 3.42. The first-order valence-corrected chi connectivity index (χ1v) is 6.35. The quantitative estimate of drug-likeness (QED) is 0.900. The van der Waals surface area contributed by atoms with Gasteiger partial charge >= 0.3 is 0 Å². The van der Waals surface area contributed by atoms with Gasteiger partial charge in [0, 0.05) is 31.7 Å². The van der Waals surface area contributed by atoms with Crippen LogP contribution in [0.2, 0.25) is 0 Å². The summed E-state index contributed by atoms with van der Waals surface area (Å²) in [6.45, 7) is 3.26. The van der Waals surface area contributed by atoms with Crippen molar-refractivity contribution in [3.05, 3.63) is 28.2 Å². The summed E-state index contributed by atoms with van der Waals surface area (Å²) in [6, 6.07) is 5.41. The van der Waals surface area contributed by atoms with Gasteiger partial charge in [-0.3, -0.25) is 4.79 Å². The summed E-state index contributed by atoms with van der Waals surface area (Å²) in [5.74, 6) is 0.816. The van der Waals surface area contributed by atoms with Crippen LogP contribution in [-0.2, 0) is 0 Å².